The Bertz CT molecular complexity index is 1720. The van der Waals surface area contributed by atoms with Crippen LogP contribution in [0.3, 0.4) is 0 Å². The van der Waals surface area contributed by atoms with E-state index < -0.39 is 123 Å². The van der Waals surface area contributed by atoms with E-state index in [9.17, 15) is 48.4 Å². The molecule has 0 aromatic heterocycles. The van der Waals surface area contributed by atoms with Crippen molar-refractivity contribution in [1.82, 2.24) is 0 Å². The van der Waals surface area contributed by atoms with Crippen LogP contribution in [0.15, 0.2) is 11.6 Å². The number of hydrogen-bond donors (Lipinski definition) is 7. The molecule has 0 amide bonds. The van der Waals surface area contributed by atoms with Gasteiger partial charge in [-0.1, -0.05) is 59.6 Å². The summed E-state index contributed by atoms with van der Waals surface area (Å²) in [5.74, 6) is -0.164. The molecular formula is C41H66O16S. The van der Waals surface area contributed by atoms with Gasteiger partial charge in [0.05, 0.1) is 24.9 Å². The zero-order valence-corrected chi connectivity index (χ0v) is 35.8. The second-order valence-electron chi connectivity index (χ2n) is 20.2. The maximum absolute atomic E-state index is 14.3. The maximum atomic E-state index is 14.3. The quantitative estimate of drug-likeness (QED) is 0.0722. The molecule has 7 N–H and O–H groups in total. The van der Waals surface area contributed by atoms with Crippen molar-refractivity contribution in [2.45, 2.75) is 192 Å². The van der Waals surface area contributed by atoms with Gasteiger partial charge in [0, 0.05) is 0 Å². The molecule has 332 valence electrons. The molecule has 0 bridgehead atoms. The lowest BCUT2D eigenvalue weighted by atomic mass is 9.40. The summed E-state index contributed by atoms with van der Waals surface area (Å²) in [6.45, 7) is 15.5. The molecule has 6 fully saturated rings. The summed E-state index contributed by atoms with van der Waals surface area (Å²) < 4.78 is 67.8. The van der Waals surface area contributed by atoms with Gasteiger partial charge in [0.2, 0.25) is 0 Å². The minimum atomic E-state index is -5.03. The number of esters is 1. The Labute approximate surface area is 341 Å². The van der Waals surface area contributed by atoms with Crippen molar-refractivity contribution < 1.29 is 76.3 Å². The Morgan fingerprint density at radius 2 is 1.59 bits per heavy atom. The average Bonchev–Trinajstić information content (AvgIpc) is 3.48. The fourth-order valence-electron chi connectivity index (χ4n) is 13.2. The number of hydrogen-bond acceptors (Lipinski definition) is 15. The summed E-state index contributed by atoms with van der Waals surface area (Å²) >= 11 is 0. The molecule has 0 unspecified atom stereocenters. The smallest absolute Gasteiger partial charge is 0.397 e. The number of fused-ring (bicyclic) bond motifs is 4. The topological polar surface area (TPSA) is 248 Å². The molecule has 0 radical (unpaired) electrons. The van der Waals surface area contributed by atoms with Crippen LogP contribution < -0.4 is 0 Å². The molecule has 3 saturated heterocycles. The second kappa shape index (κ2) is 14.9. The highest BCUT2D eigenvalue weighted by Crippen LogP contribution is 2.77. The van der Waals surface area contributed by atoms with Crippen molar-refractivity contribution in [2.24, 2.45) is 39.4 Å². The van der Waals surface area contributed by atoms with Crippen LogP contribution in [0.2, 0.25) is 0 Å². The summed E-state index contributed by atoms with van der Waals surface area (Å²) in [6, 6.07) is 0. The van der Waals surface area contributed by atoms with Gasteiger partial charge in [-0.2, -0.15) is 8.42 Å². The van der Waals surface area contributed by atoms with Crippen molar-refractivity contribution in [2.75, 3.05) is 6.61 Å². The zero-order chi connectivity index (χ0) is 42.8. The van der Waals surface area contributed by atoms with E-state index in [1.165, 1.54) is 6.92 Å². The van der Waals surface area contributed by atoms with Crippen LogP contribution in [-0.4, -0.2) is 135 Å². The number of aliphatic hydroxyl groups excluding tert-OH is 5. The van der Waals surface area contributed by atoms with Gasteiger partial charge in [0.25, 0.3) is 0 Å². The first kappa shape index (κ1) is 44.7. The molecule has 0 aromatic rings. The van der Waals surface area contributed by atoms with Gasteiger partial charge in [-0.25, -0.2) is 4.18 Å². The van der Waals surface area contributed by atoms with Gasteiger partial charge in [-0.15, -0.1) is 0 Å². The molecule has 7 aliphatic rings. The van der Waals surface area contributed by atoms with Crippen LogP contribution in [-0.2, 0) is 43.1 Å². The van der Waals surface area contributed by atoms with Gasteiger partial charge in [0.1, 0.15) is 53.2 Å². The van der Waals surface area contributed by atoms with Crippen LogP contribution in [0.25, 0.3) is 0 Å². The van der Waals surface area contributed by atoms with Crippen LogP contribution in [0, 0.1) is 39.4 Å². The number of rotatable bonds is 10. The molecule has 0 aromatic carbocycles. The monoisotopic (exact) mass is 846 g/mol. The largest absolute Gasteiger partial charge is 0.456 e. The van der Waals surface area contributed by atoms with E-state index in [0.717, 1.165) is 24.8 Å². The third-order valence-corrected chi connectivity index (χ3v) is 16.8. The Morgan fingerprint density at radius 1 is 0.897 bits per heavy atom. The normalized spacial score (nSPS) is 51.3. The molecule has 7 rings (SSSR count). The second-order valence-corrected chi connectivity index (χ2v) is 21.2. The number of ether oxygens (including phenoxy) is 5. The predicted molar refractivity (Wildman–Crippen MR) is 204 cm³/mol. The third kappa shape index (κ3) is 6.50. The van der Waals surface area contributed by atoms with Crippen molar-refractivity contribution in [1.29, 1.82) is 0 Å². The number of allylic oxidation sites excluding steroid dienone is 1. The van der Waals surface area contributed by atoms with E-state index in [1.807, 2.05) is 13.0 Å². The van der Waals surface area contributed by atoms with Gasteiger partial charge in [-0.05, 0) is 99.2 Å². The highest BCUT2D eigenvalue weighted by atomic mass is 32.3. The molecular weight excluding hydrogens is 781 g/mol. The Balaban J connectivity index is 1.15. The lowest BCUT2D eigenvalue weighted by molar-refractivity contribution is -0.362. The average molecular weight is 847 g/mol. The van der Waals surface area contributed by atoms with Gasteiger partial charge in [0.15, 0.2) is 12.6 Å². The highest BCUT2D eigenvalue weighted by molar-refractivity contribution is 7.80. The minimum absolute atomic E-state index is 0.00676. The Hall–Kier alpha value is -1.32. The van der Waals surface area contributed by atoms with Gasteiger partial charge >= 0.3 is 16.4 Å². The van der Waals surface area contributed by atoms with E-state index in [2.05, 4.69) is 45.7 Å². The molecule has 1 spiro atoms. The van der Waals surface area contributed by atoms with Crippen LogP contribution in [0.5, 0.6) is 0 Å². The molecule has 58 heavy (non-hydrogen) atoms. The lowest BCUT2D eigenvalue weighted by Gasteiger charge is -2.64. The minimum Gasteiger partial charge on any atom is -0.456 e. The Kier molecular flexibility index (Phi) is 11.5. The number of cyclic esters (lactones) is 1. The SMILES string of the molecule is CC(C)CCC[C@]1(C)OC(=O)[C@]23[C@@H](O)C=C4[C@@H](CC[C@H]5C(C)(C)[C@@H](O[C@@H]6OC[C@@H](OS(=O)(=O)O)[C@H](O)[C@H]6O[C@@H]6O[C@H](C)[C@@H](O)[C@H](O)[C@H]6O)CC[C@]45C)[C@]2(C)CC[C@@]31O. The van der Waals surface area contributed by atoms with Crippen LogP contribution >= 0.6 is 0 Å². The number of aliphatic hydroxyl groups is 6. The fraction of sp³-hybridized carbons (Fsp3) is 0.927. The molecule has 3 heterocycles. The van der Waals surface area contributed by atoms with Crippen molar-refractivity contribution in [3.8, 4) is 0 Å². The summed E-state index contributed by atoms with van der Waals surface area (Å²) in [5.41, 5.74) is -4.89. The molecule has 4 aliphatic carbocycles. The Morgan fingerprint density at radius 3 is 2.24 bits per heavy atom. The summed E-state index contributed by atoms with van der Waals surface area (Å²) in [6.07, 6.45) is -8.00. The molecule has 16 nitrogen and oxygen atoms in total. The lowest BCUT2D eigenvalue weighted by Crippen LogP contribution is -2.68. The van der Waals surface area contributed by atoms with Gasteiger partial charge < -0.3 is 54.3 Å². The van der Waals surface area contributed by atoms with Crippen LogP contribution in [0.1, 0.15) is 113 Å². The first-order valence-corrected chi connectivity index (χ1v) is 22.5. The maximum Gasteiger partial charge on any atom is 0.397 e. The third-order valence-electron chi connectivity index (χ3n) is 16.3. The fourth-order valence-corrected chi connectivity index (χ4v) is 13.7. The van der Waals surface area contributed by atoms with E-state index in [1.54, 1.807) is 0 Å². The van der Waals surface area contributed by atoms with Crippen LogP contribution in [0.4, 0.5) is 0 Å². The van der Waals surface area contributed by atoms with E-state index in [4.69, 9.17) is 23.7 Å². The number of carbonyl (C=O) groups is 1. The van der Waals surface area contributed by atoms with Gasteiger partial charge in [-0.3, -0.25) is 9.35 Å². The summed E-state index contributed by atoms with van der Waals surface area (Å²) in [7, 11) is -5.03. The highest BCUT2D eigenvalue weighted by Gasteiger charge is 2.85. The van der Waals surface area contributed by atoms with E-state index in [-0.39, 0.29) is 11.8 Å². The first-order chi connectivity index (χ1) is 26.8. The number of carbonyl (C=O) groups excluding carboxylic acids is 1. The molecule has 18 atom stereocenters. The summed E-state index contributed by atoms with van der Waals surface area (Å²) in [5, 5.41) is 67.9. The van der Waals surface area contributed by atoms with E-state index >= 15 is 0 Å². The first-order valence-electron chi connectivity index (χ1n) is 21.1. The van der Waals surface area contributed by atoms with Crippen molar-refractivity contribution >= 4 is 16.4 Å². The van der Waals surface area contributed by atoms with E-state index in [0.29, 0.717) is 44.4 Å². The molecule has 3 aliphatic heterocycles. The van der Waals surface area contributed by atoms with Crippen molar-refractivity contribution in [3.05, 3.63) is 11.6 Å². The summed E-state index contributed by atoms with van der Waals surface area (Å²) in [4.78, 5) is 14.3. The van der Waals surface area contributed by atoms with Crippen molar-refractivity contribution in [3.63, 3.8) is 0 Å². The zero-order valence-electron chi connectivity index (χ0n) is 34.9. The predicted octanol–water partition coefficient (Wildman–Crippen LogP) is 2.30. The standard InChI is InChI=1S/C41H66O16S/c1-20(2)10-9-14-39(8)40(48)17-16-38(7)22-11-12-25-36(4,5)27(13-15-37(25,6)23(22)18-26(42)41(38,40)35(47)56-39)54-34-32(29(44)24(19-52-34)57-58(49,50)51)55-33-31(46)30(45)28(43)21(3)53-33/h18,20-22,24-34,42-46,48H,9-17,19H2,1-8H3,(H,49,50,51)/t21-,22-,24-,25+,26+,27+,28-,29+,30+,31-,32-,33+,34+,37-,38+,39+,40+,41-/m1/s1. The molecule has 3 saturated carbocycles. The molecule has 17 heteroatoms.